The normalized spacial score (nSPS) is 9.96. The molecule has 0 aliphatic rings. The van der Waals surface area contributed by atoms with Crippen LogP contribution in [-0.4, -0.2) is 10.8 Å². The number of rotatable bonds is 3. The summed E-state index contributed by atoms with van der Waals surface area (Å²) in [6.07, 6.45) is 0. The number of nitro groups is 1. The molecule has 0 saturated carbocycles. The first kappa shape index (κ1) is 15.9. The lowest BCUT2D eigenvalue weighted by Crippen LogP contribution is -2.15. The van der Waals surface area contributed by atoms with Gasteiger partial charge in [0.1, 0.15) is 17.6 Å². The quantitative estimate of drug-likeness (QED) is 0.512. The zero-order valence-corrected chi connectivity index (χ0v) is 12.0. The van der Waals surface area contributed by atoms with E-state index in [0.717, 1.165) is 12.1 Å². The second kappa shape index (κ2) is 6.11. The monoisotopic (exact) mass is 314 g/mol. The van der Waals surface area contributed by atoms with E-state index < -0.39 is 16.6 Å². The molecular weight excluding hydrogens is 303 g/mol. The number of amides is 1. The summed E-state index contributed by atoms with van der Waals surface area (Å²) in [4.78, 5) is 22.5. The van der Waals surface area contributed by atoms with Crippen molar-refractivity contribution in [2.45, 2.75) is 6.92 Å². The van der Waals surface area contributed by atoms with E-state index in [2.05, 4.69) is 5.32 Å². The summed E-state index contributed by atoms with van der Waals surface area (Å²) in [6, 6.07) is 7.79. The molecule has 2 aromatic carbocycles. The number of hydrogen-bond acceptors (Lipinski definition) is 5. The van der Waals surface area contributed by atoms with Gasteiger partial charge < -0.3 is 11.1 Å². The van der Waals surface area contributed by atoms with Crippen LogP contribution in [0.3, 0.4) is 0 Å². The second-order valence-corrected chi connectivity index (χ2v) is 4.76. The molecule has 2 rings (SSSR count). The van der Waals surface area contributed by atoms with Crippen LogP contribution in [0.4, 0.5) is 21.5 Å². The number of carbonyl (C=O) groups excluding carboxylic acids is 1. The molecule has 0 radical (unpaired) electrons. The van der Waals surface area contributed by atoms with E-state index in [9.17, 15) is 19.3 Å². The van der Waals surface area contributed by atoms with Gasteiger partial charge in [-0.05, 0) is 36.8 Å². The van der Waals surface area contributed by atoms with Crippen molar-refractivity contribution in [2.75, 3.05) is 11.1 Å². The fourth-order valence-electron chi connectivity index (χ4n) is 2.00. The molecule has 23 heavy (non-hydrogen) atoms. The first-order valence-corrected chi connectivity index (χ1v) is 6.39. The van der Waals surface area contributed by atoms with Gasteiger partial charge >= 0.3 is 0 Å². The van der Waals surface area contributed by atoms with Gasteiger partial charge in [-0.2, -0.15) is 5.26 Å². The van der Waals surface area contributed by atoms with Gasteiger partial charge in [0.15, 0.2) is 0 Å². The first-order valence-electron chi connectivity index (χ1n) is 6.39. The van der Waals surface area contributed by atoms with Gasteiger partial charge in [0.25, 0.3) is 11.6 Å². The van der Waals surface area contributed by atoms with Crippen LogP contribution in [-0.2, 0) is 0 Å². The van der Waals surface area contributed by atoms with E-state index in [1.165, 1.54) is 18.2 Å². The van der Waals surface area contributed by atoms with Crippen LogP contribution in [0.1, 0.15) is 21.5 Å². The number of aryl methyl sites for hydroxylation is 1. The van der Waals surface area contributed by atoms with Gasteiger partial charge in [0.2, 0.25) is 0 Å². The minimum absolute atomic E-state index is 0.0699. The van der Waals surface area contributed by atoms with Gasteiger partial charge in [0.05, 0.1) is 16.1 Å². The molecule has 0 unspecified atom stereocenters. The zero-order valence-electron chi connectivity index (χ0n) is 12.0. The zero-order chi connectivity index (χ0) is 17.1. The number of hydrogen-bond donors (Lipinski definition) is 2. The van der Waals surface area contributed by atoms with Crippen molar-refractivity contribution in [2.24, 2.45) is 0 Å². The van der Waals surface area contributed by atoms with Crippen LogP contribution in [0, 0.1) is 34.2 Å². The number of halogens is 1. The predicted octanol–water partition coefficient (Wildman–Crippen LogP) is 2.75. The van der Waals surface area contributed by atoms with Crippen LogP contribution >= 0.6 is 0 Å². The Balaban J connectivity index is 2.39. The number of nitrogen functional groups attached to an aromatic ring is 1. The van der Waals surface area contributed by atoms with Crippen LogP contribution in [0.5, 0.6) is 0 Å². The molecule has 0 heterocycles. The minimum Gasteiger partial charge on any atom is -0.393 e. The number of anilines is 2. The third-order valence-electron chi connectivity index (χ3n) is 3.09. The van der Waals surface area contributed by atoms with Gasteiger partial charge in [0, 0.05) is 11.8 Å². The summed E-state index contributed by atoms with van der Waals surface area (Å²) in [5, 5.41) is 22.2. The highest BCUT2D eigenvalue weighted by atomic mass is 19.1. The van der Waals surface area contributed by atoms with Crippen molar-refractivity contribution in [3.8, 4) is 6.07 Å². The maximum atomic E-state index is 13.3. The number of nitrogens with one attached hydrogen (secondary N) is 1. The van der Waals surface area contributed by atoms with Crippen LogP contribution in [0.2, 0.25) is 0 Å². The maximum absolute atomic E-state index is 13.3. The Labute approximate surface area is 130 Å². The fraction of sp³-hybridized carbons (Fsp3) is 0.0667. The third kappa shape index (κ3) is 3.24. The highest BCUT2D eigenvalue weighted by Crippen LogP contribution is 2.28. The van der Waals surface area contributed by atoms with Gasteiger partial charge in [-0.15, -0.1) is 0 Å². The number of nitrogens with zero attached hydrogens (tertiary/aromatic N) is 2. The molecule has 8 heteroatoms. The molecule has 0 saturated heterocycles. The molecule has 0 aliphatic carbocycles. The van der Waals surface area contributed by atoms with E-state index >= 15 is 0 Å². The second-order valence-electron chi connectivity index (χ2n) is 4.76. The average Bonchev–Trinajstić information content (AvgIpc) is 2.50. The topological polar surface area (TPSA) is 122 Å². The Morgan fingerprint density at radius 3 is 2.70 bits per heavy atom. The van der Waals surface area contributed by atoms with E-state index in [-0.39, 0.29) is 28.2 Å². The lowest BCUT2D eigenvalue weighted by atomic mass is 10.1. The van der Waals surface area contributed by atoms with Gasteiger partial charge in [-0.1, -0.05) is 0 Å². The molecule has 0 fully saturated rings. The minimum atomic E-state index is -0.712. The van der Waals surface area contributed by atoms with Crippen molar-refractivity contribution in [3.63, 3.8) is 0 Å². The number of nitriles is 1. The highest BCUT2D eigenvalue weighted by molar-refractivity contribution is 6.09. The lowest BCUT2D eigenvalue weighted by Gasteiger charge is -2.09. The Bertz CT molecular complexity index is 859. The standard InChI is InChI=1S/C15H11FN4O3/c1-8-4-11(14(18)13(5-8)20(22)23)15(21)19-10-2-3-12(16)9(6-10)7-17/h2-6H,18H2,1H3,(H,19,21). The average molecular weight is 314 g/mol. The van der Waals surface area contributed by atoms with Gasteiger partial charge in [-0.25, -0.2) is 4.39 Å². The van der Waals surface area contributed by atoms with E-state index in [4.69, 9.17) is 11.0 Å². The molecule has 0 aliphatic heterocycles. The Hall–Kier alpha value is -3.47. The summed E-state index contributed by atoms with van der Waals surface area (Å²) in [5.74, 6) is -1.40. The van der Waals surface area contributed by atoms with Crippen molar-refractivity contribution in [3.05, 3.63) is 63.0 Å². The molecule has 0 atom stereocenters. The van der Waals surface area contributed by atoms with Gasteiger partial charge in [-0.3, -0.25) is 14.9 Å². The molecule has 0 bridgehead atoms. The number of nitrogens with two attached hydrogens (primary N) is 1. The molecule has 1 amide bonds. The summed E-state index contributed by atoms with van der Waals surface area (Å²) >= 11 is 0. The Kier molecular flexibility index (Phi) is 4.23. The van der Waals surface area contributed by atoms with Crippen molar-refractivity contribution >= 4 is 23.0 Å². The van der Waals surface area contributed by atoms with Crippen LogP contribution < -0.4 is 11.1 Å². The molecule has 0 spiro atoms. The van der Waals surface area contributed by atoms with Crippen LogP contribution in [0.25, 0.3) is 0 Å². The number of benzene rings is 2. The molecular formula is C15H11FN4O3. The third-order valence-corrected chi connectivity index (χ3v) is 3.09. The summed E-state index contributed by atoms with van der Waals surface area (Å²) < 4.78 is 13.3. The van der Waals surface area contributed by atoms with E-state index in [0.29, 0.717) is 5.56 Å². The van der Waals surface area contributed by atoms with Crippen molar-refractivity contribution < 1.29 is 14.1 Å². The summed E-state index contributed by atoms with van der Waals surface area (Å²) in [5.41, 5.74) is 5.41. The maximum Gasteiger partial charge on any atom is 0.293 e. The number of nitro benzene ring substituents is 1. The largest absolute Gasteiger partial charge is 0.393 e. The van der Waals surface area contributed by atoms with Crippen molar-refractivity contribution in [1.29, 1.82) is 5.26 Å². The summed E-state index contributed by atoms with van der Waals surface area (Å²) in [6.45, 7) is 1.59. The number of carbonyl (C=O) groups is 1. The lowest BCUT2D eigenvalue weighted by molar-refractivity contribution is -0.384. The van der Waals surface area contributed by atoms with Crippen LogP contribution in [0.15, 0.2) is 30.3 Å². The fourth-order valence-corrected chi connectivity index (χ4v) is 2.00. The Morgan fingerprint density at radius 1 is 1.39 bits per heavy atom. The molecule has 2 aromatic rings. The predicted molar refractivity (Wildman–Crippen MR) is 81.3 cm³/mol. The molecule has 7 nitrogen and oxygen atoms in total. The Morgan fingerprint density at radius 2 is 2.09 bits per heavy atom. The smallest absolute Gasteiger partial charge is 0.293 e. The SMILES string of the molecule is Cc1cc(C(=O)Nc2ccc(F)c(C#N)c2)c(N)c([N+](=O)[O-])c1. The highest BCUT2D eigenvalue weighted by Gasteiger charge is 2.20. The molecule has 0 aromatic heterocycles. The summed E-state index contributed by atoms with van der Waals surface area (Å²) in [7, 11) is 0. The first-order chi connectivity index (χ1) is 10.8. The van der Waals surface area contributed by atoms with E-state index in [1.54, 1.807) is 13.0 Å². The molecule has 116 valence electrons. The molecule has 3 N–H and O–H groups in total. The van der Waals surface area contributed by atoms with Crippen molar-refractivity contribution in [1.82, 2.24) is 0 Å². The van der Waals surface area contributed by atoms with E-state index in [1.807, 2.05) is 0 Å².